The summed E-state index contributed by atoms with van der Waals surface area (Å²) in [4.78, 5) is 32.6. The highest BCUT2D eigenvalue weighted by Gasteiger charge is 2.34. The average Bonchev–Trinajstić information content (AvgIpc) is 3.54. The van der Waals surface area contributed by atoms with Crippen LogP contribution in [0.4, 0.5) is 0 Å². The number of aliphatic hydroxyl groups excluding tert-OH is 1. The minimum atomic E-state index is -0.119. The van der Waals surface area contributed by atoms with Gasteiger partial charge in [0.05, 0.1) is 24.9 Å². The Hall–Kier alpha value is -3.13. The number of benzene rings is 1. The summed E-state index contributed by atoms with van der Waals surface area (Å²) in [5.74, 6) is -0.00791. The standard InChI is InChI=1S/C23H27N5O3/c29-14-16-4-3-10-28(16)23(31)22-18-9-11-27(13-20(18)25-26-22)21(30)8-7-15-12-24-19-6-2-1-5-17(15)19/h1-2,5-6,12,16,24,29H,3-4,7-11,13-14H2,(H,25,26)/t16-/m1/s1. The van der Waals surface area contributed by atoms with Crippen LogP contribution < -0.4 is 0 Å². The number of para-hydroxylation sites is 1. The van der Waals surface area contributed by atoms with Gasteiger partial charge < -0.3 is 19.9 Å². The van der Waals surface area contributed by atoms with Crippen molar-refractivity contribution in [3.8, 4) is 0 Å². The fourth-order valence-corrected chi connectivity index (χ4v) is 4.87. The number of nitrogens with one attached hydrogen (secondary N) is 2. The van der Waals surface area contributed by atoms with E-state index in [4.69, 9.17) is 0 Å². The Morgan fingerprint density at radius 3 is 2.97 bits per heavy atom. The smallest absolute Gasteiger partial charge is 0.274 e. The Labute approximate surface area is 180 Å². The Morgan fingerprint density at radius 1 is 1.23 bits per heavy atom. The number of H-pyrrole nitrogens is 2. The number of aryl methyl sites for hydroxylation is 1. The number of carbonyl (C=O) groups excluding carboxylic acids is 2. The van der Waals surface area contributed by atoms with Crippen LogP contribution in [0.5, 0.6) is 0 Å². The predicted molar refractivity (Wildman–Crippen MR) is 115 cm³/mol. The molecule has 0 saturated carbocycles. The molecular weight excluding hydrogens is 394 g/mol. The number of hydrogen-bond donors (Lipinski definition) is 3. The van der Waals surface area contributed by atoms with E-state index >= 15 is 0 Å². The monoisotopic (exact) mass is 421 g/mol. The highest BCUT2D eigenvalue weighted by Crippen LogP contribution is 2.26. The molecule has 2 aliphatic rings. The molecule has 0 unspecified atom stereocenters. The van der Waals surface area contributed by atoms with E-state index in [-0.39, 0.29) is 24.5 Å². The number of fused-ring (bicyclic) bond motifs is 2. The van der Waals surface area contributed by atoms with Crippen LogP contribution in [0.1, 0.15) is 46.6 Å². The minimum Gasteiger partial charge on any atom is -0.394 e. The molecule has 162 valence electrons. The third-order valence-corrected chi connectivity index (χ3v) is 6.62. The van der Waals surface area contributed by atoms with E-state index < -0.39 is 0 Å². The number of hydrogen-bond acceptors (Lipinski definition) is 4. The van der Waals surface area contributed by atoms with Crippen molar-refractivity contribution >= 4 is 22.7 Å². The number of amides is 2. The van der Waals surface area contributed by atoms with Gasteiger partial charge in [-0.3, -0.25) is 14.7 Å². The van der Waals surface area contributed by atoms with Crippen LogP contribution >= 0.6 is 0 Å². The van der Waals surface area contributed by atoms with Crippen molar-refractivity contribution in [1.82, 2.24) is 25.0 Å². The lowest BCUT2D eigenvalue weighted by molar-refractivity contribution is -0.132. The van der Waals surface area contributed by atoms with Gasteiger partial charge in [-0.2, -0.15) is 5.10 Å². The molecule has 1 aromatic carbocycles. The van der Waals surface area contributed by atoms with E-state index in [1.807, 2.05) is 29.3 Å². The van der Waals surface area contributed by atoms with Gasteiger partial charge in [0.1, 0.15) is 0 Å². The number of aromatic amines is 2. The summed E-state index contributed by atoms with van der Waals surface area (Å²) in [5.41, 5.74) is 4.44. The van der Waals surface area contributed by atoms with E-state index in [0.29, 0.717) is 44.6 Å². The zero-order valence-corrected chi connectivity index (χ0v) is 17.4. The van der Waals surface area contributed by atoms with E-state index in [9.17, 15) is 14.7 Å². The molecule has 8 heteroatoms. The number of carbonyl (C=O) groups is 2. The second-order valence-electron chi connectivity index (χ2n) is 8.43. The topological polar surface area (TPSA) is 105 Å². The predicted octanol–water partition coefficient (Wildman–Crippen LogP) is 2.01. The van der Waals surface area contributed by atoms with Gasteiger partial charge in [-0.1, -0.05) is 18.2 Å². The molecule has 3 N–H and O–H groups in total. The van der Waals surface area contributed by atoms with Crippen LogP contribution in [0.2, 0.25) is 0 Å². The Balaban J connectivity index is 1.24. The maximum absolute atomic E-state index is 13.0. The lowest BCUT2D eigenvalue weighted by atomic mass is 10.0. The van der Waals surface area contributed by atoms with E-state index in [0.717, 1.165) is 40.6 Å². The highest BCUT2D eigenvalue weighted by atomic mass is 16.3. The summed E-state index contributed by atoms with van der Waals surface area (Å²) in [5, 5.41) is 18.0. The van der Waals surface area contributed by atoms with Crippen LogP contribution in [0, 0.1) is 0 Å². The number of aliphatic hydroxyl groups is 1. The molecule has 0 radical (unpaired) electrons. The second-order valence-corrected chi connectivity index (χ2v) is 8.43. The molecule has 4 heterocycles. The number of likely N-dealkylation sites (tertiary alicyclic amines) is 1. The molecule has 31 heavy (non-hydrogen) atoms. The van der Waals surface area contributed by atoms with Crippen molar-refractivity contribution in [3.63, 3.8) is 0 Å². The summed E-state index contributed by atoms with van der Waals surface area (Å²) >= 11 is 0. The van der Waals surface area contributed by atoms with Gasteiger partial charge >= 0.3 is 0 Å². The van der Waals surface area contributed by atoms with Gasteiger partial charge in [0, 0.05) is 42.2 Å². The van der Waals surface area contributed by atoms with Crippen molar-refractivity contribution in [2.75, 3.05) is 19.7 Å². The first-order valence-electron chi connectivity index (χ1n) is 11.0. The first-order chi connectivity index (χ1) is 15.2. The van der Waals surface area contributed by atoms with E-state index in [1.165, 1.54) is 0 Å². The fourth-order valence-electron chi connectivity index (χ4n) is 4.87. The third-order valence-electron chi connectivity index (χ3n) is 6.62. The first kappa shape index (κ1) is 19.8. The summed E-state index contributed by atoms with van der Waals surface area (Å²) < 4.78 is 0. The Kier molecular flexibility index (Phi) is 5.23. The van der Waals surface area contributed by atoms with Crippen molar-refractivity contribution in [2.45, 2.75) is 44.7 Å². The van der Waals surface area contributed by atoms with Crippen LogP contribution in [-0.4, -0.2) is 67.6 Å². The van der Waals surface area contributed by atoms with Crippen LogP contribution in [0.25, 0.3) is 10.9 Å². The van der Waals surface area contributed by atoms with Crippen LogP contribution in [0.15, 0.2) is 30.5 Å². The van der Waals surface area contributed by atoms with Crippen molar-refractivity contribution in [2.24, 2.45) is 0 Å². The summed E-state index contributed by atoms with van der Waals surface area (Å²) in [7, 11) is 0. The van der Waals surface area contributed by atoms with Crippen molar-refractivity contribution < 1.29 is 14.7 Å². The average molecular weight is 422 g/mol. The Bertz CT molecular complexity index is 1120. The molecular formula is C23H27N5O3. The number of aromatic nitrogens is 3. The lowest BCUT2D eigenvalue weighted by Gasteiger charge is -2.28. The SMILES string of the molecule is O=C(CCc1c[nH]c2ccccc12)N1CCc2c(C(=O)N3CCC[C@@H]3CO)n[nH]c2C1. The van der Waals surface area contributed by atoms with Gasteiger partial charge in [-0.05, 0) is 37.3 Å². The third kappa shape index (κ3) is 3.61. The van der Waals surface area contributed by atoms with E-state index in [1.54, 1.807) is 4.90 Å². The Morgan fingerprint density at radius 2 is 2.10 bits per heavy atom. The summed E-state index contributed by atoms with van der Waals surface area (Å²) in [6.07, 6.45) is 5.47. The van der Waals surface area contributed by atoms with Crippen LogP contribution in [-0.2, 0) is 24.2 Å². The zero-order valence-electron chi connectivity index (χ0n) is 17.4. The first-order valence-corrected chi connectivity index (χ1v) is 11.0. The van der Waals surface area contributed by atoms with Gasteiger partial charge in [0.2, 0.25) is 5.91 Å². The minimum absolute atomic E-state index is 0.0168. The lowest BCUT2D eigenvalue weighted by Crippen LogP contribution is -2.39. The quantitative estimate of drug-likeness (QED) is 0.586. The molecule has 0 spiro atoms. The largest absolute Gasteiger partial charge is 0.394 e. The fraction of sp³-hybridized carbons (Fsp3) is 0.435. The summed E-state index contributed by atoms with van der Waals surface area (Å²) in [6, 6.07) is 8.00. The molecule has 2 aromatic heterocycles. The molecule has 1 saturated heterocycles. The highest BCUT2D eigenvalue weighted by molar-refractivity contribution is 5.94. The molecule has 3 aromatic rings. The molecule has 2 amide bonds. The second kappa shape index (κ2) is 8.19. The molecule has 1 fully saturated rings. The number of rotatable bonds is 5. The molecule has 0 bridgehead atoms. The summed E-state index contributed by atoms with van der Waals surface area (Å²) in [6.45, 7) is 1.68. The van der Waals surface area contributed by atoms with Crippen LogP contribution in [0.3, 0.4) is 0 Å². The molecule has 5 rings (SSSR count). The molecule has 1 atom stereocenters. The molecule has 0 aliphatic carbocycles. The van der Waals surface area contributed by atoms with Gasteiger partial charge in [0.25, 0.3) is 5.91 Å². The normalized spacial score (nSPS) is 18.5. The molecule has 8 nitrogen and oxygen atoms in total. The number of nitrogens with zero attached hydrogens (tertiary/aromatic N) is 3. The van der Waals surface area contributed by atoms with E-state index in [2.05, 4.69) is 21.2 Å². The molecule has 2 aliphatic heterocycles. The van der Waals surface area contributed by atoms with Crippen molar-refractivity contribution in [1.29, 1.82) is 0 Å². The zero-order chi connectivity index (χ0) is 21.4. The van der Waals surface area contributed by atoms with Crippen molar-refractivity contribution in [3.05, 3.63) is 53.0 Å². The maximum atomic E-state index is 13.0. The maximum Gasteiger partial charge on any atom is 0.274 e. The van der Waals surface area contributed by atoms with Gasteiger partial charge in [-0.25, -0.2) is 0 Å². The van der Waals surface area contributed by atoms with Gasteiger partial charge in [-0.15, -0.1) is 0 Å². The van der Waals surface area contributed by atoms with Gasteiger partial charge in [0.15, 0.2) is 5.69 Å².